The largest absolute Gasteiger partial charge is 0.479 e. The van der Waals surface area contributed by atoms with Crippen LogP contribution in [0.1, 0.15) is 19.3 Å². The molecule has 3 heteroatoms. The van der Waals surface area contributed by atoms with E-state index in [2.05, 4.69) is 0 Å². The summed E-state index contributed by atoms with van der Waals surface area (Å²) in [5, 5.41) is 8.41. The van der Waals surface area contributed by atoms with Gasteiger partial charge in [-0.05, 0) is 19.3 Å². The van der Waals surface area contributed by atoms with Crippen molar-refractivity contribution >= 4 is 5.97 Å². The van der Waals surface area contributed by atoms with E-state index in [1.165, 1.54) is 0 Å². The number of hydrogen-bond donors (Lipinski definition) is 1. The monoisotopic (exact) mass is 130 g/mol. The Morgan fingerprint density at radius 1 is 1.56 bits per heavy atom. The van der Waals surface area contributed by atoms with E-state index in [1.54, 1.807) is 0 Å². The Morgan fingerprint density at radius 2 is 2.33 bits per heavy atom. The predicted octanol–water partition coefficient (Wildman–Crippen LogP) is 0.640. The van der Waals surface area contributed by atoms with Gasteiger partial charge >= 0.3 is 5.97 Å². The van der Waals surface area contributed by atoms with Gasteiger partial charge in [-0.15, -0.1) is 0 Å². The standard InChI is InChI=1S/C6H10O3/c7-6(8)5-3-1-2-4-9-5/h5H,1-4H2,(H,7,8). The first-order chi connectivity index (χ1) is 4.30. The van der Waals surface area contributed by atoms with Crippen LogP contribution >= 0.6 is 0 Å². The van der Waals surface area contributed by atoms with Gasteiger partial charge in [0.15, 0.2) is 6.10 Å². The maximum atomic E-state index is 10.2. The molecule has 52 valence electrons. The third kappa shape index (κ3) is 1.68. The van der Waals surface area contributed by atoms with E-state index in [1.807, 2.05) is 0 Å². The molecule has 0 saturated carbocycles. The molecule has 0 aromatic rings. The van der Waals surface area contributed by atoms with Gasteiger partial charge < -0.3 is 9.84 Å². The lowest BCUT2D eigenvalue weighted by Crippen LogP contribution is -2.27. The Balaban J connectivity index is 2.31. The summed E-state index contributed by atoms with van der Waals surface area (Å²) in [5.41, 5.74) is 0. The fourth-order valence-electron chi connectivity index (χ4n) is 0.935. The fraction of sp³-hybridized carbons (Fsp3) is 0.833. The minimum atomic E-state index is -0.824. The van der Waals surface area contributed by atoms with Crippen molar-refractivity contribution in [1.82, 2.24) is 0 Å². The van der Waals surface area contributed by atoms with Gasteiger partial charge in [-0.1, -0.05) is 0 Å². The zero-order chi connectivity index (χ0) is 6.69. The van der Waals surface area contributed by atoms with Crippen LogP contribution in [0.3, 0.4) is 0 Å². The molecular weight excluding hydrogens is 120 g/mol. The number of rotatable bonds is 1. The summed E-state index contributed by atoms with van der Waals surface area (Å²) in [6, 6.07) is 0. The average Bonchev–Trinajstić information content (AvgIpc) is 1.90. The Kier molecular flexibility index (Phi) is 2.05. The zero-order valence-corrected chi connectivity index (χ0v) is 5.17. The van der Waals surface area contributed by atoms with E-state index in [9.17, 15) is 4.79 Å². The third-order valence-corrected chi connectivity index (χ3v) is 1.46. The molecule has 0 amide bonds. The van der Waals surface area contributed by atoms with Crippen molar-refractivity contribution in [2.45, 2.75) is 25.4 Å². The molecule has 1 atom stereocenters. The van der Waals surface area contributed by atoms with Gasteiger partial charge in [0, 0.05) is 6.61 Å². The first-order valence-electron chi connectivity index (χ1n) is 3.15. The molecule has 1 saturated heterocycles. The lowest BCUT2D eigenvalue weighted by atomic mass is 10.1. The van der Waals surface area contributed by atoms with Crippen molar-refractivity contribution in [2.24, 2.45) is 0 Å². The highest BCUT2D eigenvalue weighted by Gasteiger charge is 2.20. The highest BCUT2D eigenvalue weighted by molar-refractivity contribution is 5.72. The number of carboxylic acid groups (broad SMARTS) is 1. The molecule has 0 radical (unpaired) electrons. The topological polar surface area (TPSA) is 46.5 Å². The number of aliphatic carboxylic acids is 1. The molecule has 0 aliphatic carbocycles. The molecule has 1 N–H and O–H groups in total. The first kappa shape index (κ1) is 6.55. The zero-order valence-electron chi connectivity index (χ0n) is 5.17. The van der Waals surface area contributed by atoms with E-state index >= 15 is 0 Å². The third-order valence-electron chi connectivity index (χ3n) is 1.46. The second-order valence-electron chi connectivity index (χ2n) is 2.19. The van der Waals surface area contributed by atoms with Crippen LogP contribution in [0.25, 0.3) is 0 Å². The summed E-state index contributed by atoms with van der Waals surface area (Å²) >= 11 is 0. The molecular formula is C6H10O3. The van der Waals surface area contributed by atoms with Gasteiger partial charge in [0.25, 0.3) is 0 Å². The van der Waals surface area contributed by atoms with Gasteiger partial charge in [0.2, 0.25) is 0 Å². The summed E-state index contributed by atoms with van der Waals surface area (Å²) in [6.07, 6.45) is 2.13. The Hall–Kier alpha value is -0.570. The molecule has 1 heterocycles. The minimum absolute atomic E-state index is 0.529. The Morgan fingerprint density at radius 3 is 2.67 bits per heavy atom. The van der Waals surface area contributed by atoms with Crippen LogP contribution in [0.4, 0.5) is 0 Å². The van der Waals surface area contributed by atoms with Crippen LogP contribution in [0, 0.1) is 0 Å². The van der Waals surface area contributed by atoms with Gasteiger partial charge in [-0.25, -0.2) is 4.79 Å². The molecule has 1 unspecified atom stereocenters. The quantitative estimate of drug-likeness (QED) is 0.566. The second-order valence-corrected chi connectivity index (χ2v) is 2.19. The van der Waals surface area contributed by atoms with Crippen molar-refractivity contribution in [3.05, 3.63) is 0 Å². The van der Waals surface area contributed by atoms with Gasteiger partial charge in [0.1, 0.15) is 0 Å². The normalized spacial score (nSPS) is 27.8. The SMILES string of the molecule is O=C(O)C1CCCCO1. The van der Waals surface area contributed by atoms with Gasteiger partial charge in [-0.3, -0.25) is 0 Å². The van der Waals surface area contributed by atoms with E-state index in [-0.39, 0.29) is 0 Å². The van der Waals surface area contributed by atoms with Crippen LogP contribution in [0.5, 0.6) is 0 Å². The van der Waals surface area contributed by atoms with Gasteiger partial charge in [-0.2, -0.15) is 0 Å². The Labute approximate surface area is 53.6 Å². The van der Waals surface area contributed by atoms with E-state index in [0.29, 0.717) is 13.0 Å². The van der Waals surface area contributed by atoms with Crippen molar-refractivity contribution in [1.29, 1.82) is 0 Å². The first-order valence-corrected chi connectivity index (χ1v) is 3.15. The average molecular weight is 130 g/mol. The van der Waals surface area contributed by atoms with E-state index < -0.39 is 12.1 Å². The van der Waals surface area contributed by atoms with Crippen molar-refractivity contribution in [2.75, 3.05) is 6.61 Å². The molecule has 0 bridgehead atoms. The minimum Gasteiger partial charge on any atom is -0.479 e. The van der Waals surface area contributed by atoms with Crippen molar-refractivity contribution in [3.8, 4) is 0 Å². The number of carbonyl (C=O) groups is 1. The van der Waals surface area contributed by atoms with Crippen molar-refractivity contribution < 1.29 is 14.6 Å². The molecule has 3 nitrogen and oxygen atoms in total. The van der Waals surface area contributed by atoms with E-state index in [0.717, 1.165) is 12.8 Å². The summed E-state index contributed by atoms with van der Waals surface area (Å²) in [5.74, 6) is -0.824. The summed E-state index contributed by atoms with van der Waals surface area (Å²) in [6.45, 7) is 0.608. The highest BCUT2D eigenvalue weighted by Crippen LogP contribution is 2.11. The van der Waals surface area contributed by atoms with Gasteiger partial charge in [0.05, 0.1) is 0 Å². The summed E-state index contributed by atoms with van der Waals surface area (Å²) in [4.78, 5) is 10.2. The van der Waals surface area contributed by atoms with Crippen LogP contribution in [0.15, 0.2) is 0 Å². The fourth-order valence-corrected chi connectivity index (χ4v) is 0.935. The smallest absolute Gasteiger partial charge is 0.332 e. The number of hydrogen-bond acceptors (Lipinski definition) is 2. The maximum Gasteiger partial charge on any atom is 0.332 e. The van der Waals surface area contributed by atoms with Crippen LogP contribution < -0.4 is 0 Å². The highest BCUT2D eigenvalue weighted by atomic mass is 16.5. The molecule has 0 aromatic heterocycles. The lowest BCUT2D eigenvalue weighted by Gasteiger charge is -2.17. The maximum absolute atomic E-state index is 10.2. The number of carboxylic acids is 1. The molecule has 1 fully saturated rings. The Bertz CT molecular complexity index is 105. The van der Waals surface area contributed by atoms with Crippen molar-refractivity contribution in [3.63, 3.8) is 0 Å². The molecule has 0 spiro atoms. The predicted molar refractivity (Wildman–Crippen MR) is 31.2 cm³/mol. The molecule has 1 aliphatic rings. The second kappa shape index (κ2) is 2.82. The van der Waals surface area contributed by atoms with Crippen LogP contribution in [-0.2, 0) is 9.53 Å². The molecule has 1 rings (SSSR count). The summed E-state index contributed by atoms with van der Waals surface area (Å²) in [7, 11) is 0. The number of ether oxygens (including phenoxy) is 1. The van der Waals surface area contributed by atoms with Crippen LogP contribution in [-0.4, -0.2) is 23.8 Å². The lowest BCUT2D eigenvalue weighted by molar-refractivity contribution is -0.153. The van der Waals surface area contributed by atoms with Crippen LogP contribution in [0.2, 0.25) is 0 Å². The molecule has 9 heavy (non-hydrogen) atoms. The van der Waals surface area contributed by atoms with E-state index in [4.69, 9.17) is 9.84 Å². The molecule has 0 aromatic carbocycles. The summed E-state index contributed by atoms with van der Waals surface area (Å²) < 4.78 is 4.94. The molecule has 1 aliphatic heterocycles.